The molecule has 0 spiro atoms. The SMILES string of the molecule is COC(=O)c1ccc(C(CCB2OC(C)(C)C(C)(C)O2)c2ccc(OC)c(OC)c2)cc1. The molecule has 0 saturated carbocycles. The van der Waals surface area contributed by atoms with E-state index < -0.39 is 0 Å². The molecular weight excluding hydrogens is 407 g/mol. The highest BCUT2D eigenvalue weighted by atomic mass is 16.7. The topological polar surface area (TPSA) is 63.2 Å². The van der Waals surface area contributed by atoms with Gasteiger partial charge in [-0.25, -0.2) is 4.79 Å². The first-order valence-electron chi connectivity index (χ1n) is 10.9. The maximum atomic E-state index is 11.9. The summed E-state index contributed by atoms with van der Waals surface area (Å²) in [6.07, 6.45) is 1.52. The van der Waals surface area contributed by atoms with Crippen molar-refractivity contribution in [1.82, 2.24) is 0 Å². The molecule has 1 fully saturated rings. The highest BCUT2D eigenvalue weighted by Gasteiger charge is 2.50. The van der Waals surface area contributed by atoms with Crippen molar-refractivity contribution >= 4 is 13.1 Å². The van der Waals surface area contributed by atoms with Gasteiger partial charge in [-0.05, 0) is 75.8 Å². The third-order valence-corrected chi connectivity index (χ3v) is 6.54. The molecule has 6 nitrogen and oxygen atoms in total. The number of hydrogen-bond donors (Lipinski definition) is 0. The fourth-order valence-electron chi connectivity index (χ4n) is 3.95. The minimum atomic E-state index is -0.362. The average molecular weight is 440 g/mol. The van der Waals surface area contributed by atoms with Crippen LogP contribution in [0.1, 0.15) is 61.5 Å². The quantitative estimate of drug-likeness (QED) is 0.420. The van der Waals surface area contributed by atoms with Crippen LogP contribution in [-0.2, 0) is 14.0 Å². The van der Waals surface area contributed by atoms with E-state index in [0.717, 1.165) is 23.9 Å². The van der Waals surface area contributed by atoms with Gasteiger partial charge in [0.1, 0.15) is 0 Å². The Balaban J connectivity index is 1.89. The highest BCUT2D eigenvalue weighted by Crippen LogP contribution is 2.41. The molecule has 0 aliphatic carbocycles. The predicted octanol–water partition coefficient (Wildman–Crippen LogP) is 5.10. The van der Waals surface area contributed by atoms with Gasteiger partial charge < -0.3 is 23.5 Å². The molecule has 0 amide bonds. The van der Waals surface area contributed by atoms with Gasteiger partial charge in [-0.2, -0.15) is 0 Å². The molecule has 7 heteroatoms. The van der Waals surface area contributed by atoms with Crippen molar-refractivity contribution in [2.75, 3.05) is 21.3 Å². The Hall–Kier alpha value is -2.51. The molecule has 3 rings (SSSR count). The maximum Gasteiger partial charge on any atom is 0.457 e. The summed E-state index contributed by atoms with van der Waals surface area (Å²) in [5.41, 5.74) is 1.97. The summed E-state index contributed by atoms with van der Waals surface area (Å²) in [6, 6.07) is 13.5. The van der Waals surface area contributed by atoms with Crippen molar-refractivity contribution in [2.24, 2.45) is 0 Å². The van der Waals surface area contributed by atoms with Crippen LogP contribution in [0.3, 0.4) is 0 Å². The molecular formula is C25H33BO6. The minimum Gasteiger partial charge on any atom is -0.493 e. The maximum absolute atomic E-state index is 11.9. The van der Waals surface area contributed by atoms with Crippen molar-refractivity contribution < 1.29 is 28.3 Å². The summed E-state index contributed by atoms with van der Waals surface area (Å²) in [5.74, 6) is 1.07. The van der Waals surface area contributed by atoms with Crippen LogP contribution < -0.4 is 9.47 Å². The minimum absolute atomic E-state index is 0.0560. The van der Waals surface area contributed by atoms with E-state index in [2.05, 4.69) is 27.7 Å². The summed E-state index contributed by atoms with van der Waals surface area (Å²) in [6.45, 7) is 8.24. The van der Waals surface area contributed by atoms with Crippen LogP contribution in [0.25, 0.3) is 0 Å². The number of esters is 1. The number of ether oxygens (including phenoxy) is 3. The molecule has 1 saturated heterocycles. The lowest BCUT2D eigenvalue weighted by Crippen LogP contribution is -2.41. The van der Waals surface area contributed by atoms with Crippen LogP contribution in [0, 0.1) is 0 Å². The van der Waals surface area contributed by atoms with E-state index >= 15 is 0 Å². The standard InChI is InChI=1S/C25H33BO6/c1-24(2)25(3,4)32-26(31-24)15-14-20(17-8-10-18(11-9-17)23(27)30-7)19-12-13-21(28-5)22(16-19)29-6/h8-13,16,20H,14-15H2,1-7H3. The third kappa shape index (κ3) is 4.94. The predicted molar refractivity (Wildman–Crippen MR) is 125 cm³/mol. The van der Waals surface area contributed by atoms with Gasteiger partial charge in [0.25, 0.3) is 0 Å². The van der Waals surface area contributed by atoms with E-state index in [0.29, 0.717) is 17.1 Å². The number of methoxy groups -OCH3 is 3. The van der Waals surface area contributed by atoms with E-state index in [1.54, 1.807) is 26.4 Å². The van der Waals surface area contributed by atoms with Gasteiger partial charge >= 0.3 is 13.1 Å². The van der Waals surface area contributed by atoms with E-state index in [9.17, 15) is 4.79 Å². The van der Waals surface area contributed by atoms with Gasteiger partial charge in [0, 0.05) is 5.92 Å². The number of carbonyl (C=O) groups excluding carboxylic acids is 1. The van der Waals surface area contributed by atoms with Gasteiger partial charge in [0.2, 0.25) is 0 Å². The third-order valence-electron chi connectivity index (χ3n) is 6.54. The molecule has 1 heterocycles. The Morgan fingerprint density at radius 1 is 0.875 bits per heavy atom. The second-order valence-corrected chi connectivity index (χ2v) is 9.04. The zero-order valence-corrected chi connectivity index (χ0v) is 20.1. The lowest BCUT2D eigenvalue weighted by molar-refractivity contribution is 0.00578. The summed E-state index contributed by atoms with van der Waals surface area (Å²) in [5, 5.41) is 0. The number of rotatable bonds is 8. The summed E-state index contributed by atoms with van der Waals surface area (Å²) < 4.78 is 28.2. The molecule has 1 atom stereocenters. The first-order valence-corrected chi connectivity index (χ1v) is 10.9. The van der Waals surface area contributed by atoms with E-state index in [-0.39, 0.29) is 30.2 Å². The Morgan fingerprint density at radius 2 is 1.44 bits per heavy atom. The van der Waals surface area contributed by atoms with Crippen molar-refractivity contribution in [3.05, 3.63) is 59.2 Å². The normalized spacial score (nSPS) is 17.7. The lowest BCUT2D eigenvalue weighted by Gasteiger charge is -2.32. The second kappa shape index (κ2) is 9.55. The fraction of sp³-hybridized carbons (Fsp3) is 0.480. The van der Waals surface area contributed by atoms with Crippen LogP contribution >= 0.6 is 0 Å². The number of hydrogen-bond acceptors (Lipinski definition) is 6. The molecule has 1 aliphatic heterocycles. The van der Waals surface area contributed by atoms with Crippen LogP contribution in [0.15, 0.2) is 42.5 Å². The van der Waals surface area contributed by atoms with E-state index in [1.807, 2.05) is 30.3 Å². The summed E-state index contributed by atoms with van der Waals surface area (Å²) in [7, 11) is 4.36. The fourth-order valence-corrected chi connectivity index (χ4v) is 3.95. The van der Waals surface area contributed by atoms with Crippen molar-refractivity contribution in [3.8, 4) is 11.5 Å². The van der Waals surface area contributed by atoms with E-state index in [1.165, 1.54) is 7.11 Å². The van der Waals surface area contributed by atoms with Crippen molar-refractivity contribution in [1.29, 1.82) is 0 Å². The van der Waals surface area contributed by atoms with Gasteiger partial charge in [-0.1, -0.05) is 18.2 Å². The monoisotopic (exact) mass is 440 g/mol. The Morgan fingerprint density at radius 3 is 1.97 bits per heavy atom. The molecule has 32 heavy (non-hydrogen) atoms. The molecule has 172 valence electrons. The lowest BCUT2D eigenvalue weighted by atomic mass is 9.76. The first-order chi connectivity index (χ1) is 15.1. The van der Waals surface area contributed by atoms with Crippen LogP contribution in [0.4, 0.5) is 0 Å². The molecule has 0 N–H and O–H groups in total. The van der Waals surface area contributed by atoms with Crippen LogP contribution in [0.5, 0.6) is 11.5 Å². The molecule has 1 aliphatic rings. The summed E-state index contributed by atoms with van der Waals surface area (Å²) in [4.78, 5) is 11.9. The Bertz CT molecular complexity index is 922. The van der Waals surface area contributed by atoms with Crippen molar-refractivity contribution in [3.63, 3.8) is 0 Å². The van der Waals surface area contributed by atoms with E-state index in [4.69, 9.17) is 23.5 Å². The van der Waals surface area contributed by atoms with Gasteiger partial charge in [-0.15, -0.1) is 0 Å². The van der Waals surface area contributed by atoms with Gasteiger partial charge in [-0.3, -0.25) is 0 Å². The second-order valence-electron chi connectivity index (χ2n) is 9.04. The summed E-state index contributed by atoms with van der Waals surface area (Å²) >= 11 is 0. The zero-order valence-electron chi connectivity index (χ0n) is 20.1. The number of benzene rings is 2. The Labute approximate surface area is 191 Å². The molecule has 0 aromatic heterocycles. The highest BCUT2D eigenvalue weighted by molar-refractivity contribution is 6.45. The average Bonchev–Trinajstić information content (AvgIpc) is 2.99. The van der Waals surface area contributed by atoms with Crippen LogP contribution in [0.2, 0.25) is 6.32 Å². The van der Waals surface area contributed by atoms with Gasteiger partial charge in [0.05, 0.1) is 38.1 Å². The number of carbonyl (C=O) groups is 1. The molecule has 2 aromatic rings. The molecule has 0 radical (unpaired) electrons. The van der Waals surface area contributed by atoms with Gasteiger partial charge in [0.15, 0.2) is 11.5 Å². The molecule has 2 aromatic carbocycles. The molecule has 0 bridgehead atoms. The smallest absolute Gasteiger partial charge is 0.457 e. The molecule has 1 unspecified atom stereocenters. The zero-order chi connectivity index (χ0) is 23.5. The van der Waals surface area contributed by atoms with Crippen LogP contribution in [-0.4, -0.2) is 45.6 Å². The Kier molecular flexibility index (Phi) is 7.20. The first kappa shape index (κ1) is 24.1. The largest absolute Gasteiger partial charge is 0.493 e. The van der Waals surface area contributed by atoms with Crippen molar-refractivity contribution in [2.45, 2.75) is 57.6 Å².